The lowest BCUT2D eigenvalue weighted by molar-refractivity contribution is 0.199. The second-order valence-electron chi connectivity index (χ2n) is 4.53. The molecule has 4 heteroatoms. The van der Waals surface area contributed by atoms with Crippen molar-refractivity contribution in [3.8, 4) is 0 Å². The number of nitrogens with zero attached hydrogens (tertiary/aromatic N) is 1. The molecule has 1 atom stereocenters. The van der Waals surface area contributed by atoms with Gasteiger partial charge in [-0.25, -0.2) is 8.42 Å². The first-order chi connectivity index (χ1) is 6.44. The second kappa shape index (κ2) is 4.62. The Kier molecular flexibility index (Phi) is 3.95. The van der Waals surface area contributed by atoms with E-state index in [2.05, 4.69) is 25.7 Å². The molecule has 1 aliphatic heterocycles. The Morgan fingerprint density at radius 1 is 1.43 bits per heavy atom. The Hall–Kier alpha value is -0.0900. The quantitative estimate of drug-likeness (QED) is 0.714. The zero-order chi connectivity index (χ0) is 10.8. The Morgan fingerprint density at radius 3 is 2.57 bits per heavy atom. The van der Waals surface area contributed by atoms with Crippen LogP contribution in [0.3, 0.4) is 0 Å². The minimum atomic E-state index is -2.76. The molecule has 0 amide bonds. The smallest absolute Gasteiger partial charge is 0.153 e. The van der Waals surface area contributed by atoms with Gasteiger partial charge in [-0.1, -0.05) is 20.8 Å². The Labute approximate surface area is 87.4 Å². The van der Waals surface area contributed by atoms with Gasteiger partial charge in [0.05, 0.1) is 11.5 Å². The van der Waals surface area contributed by atoms with Gasteiger partial charge in [-0.2, -0.15) is 0 Å². The van der Waals surface area contributed by atoms with E-state index in [9.17, 15) is 8.42 Å². The van der Waals surface area contributed by atoms with Crippen LogP contribution in [0.15, 0.2) is 0 Å². The lowest BCUT2D eigenvalue weighted by atomic mass is 10.0. The van der Waals surface area contributed by atoms with Crippen molar-refractivity contribution in [2.24, 2.45) is 5.92 Å². The highest BCUT2D eigenvalue weighted by Gasteiger charge is 2.30. The molecule has 0 aliphatic carbocycles. The van der Waals surface area contributed by atoms with Crippen LogP contribution in [0.1, 0.15) is 27.2 Å². The summed E-state index contributed by atoms with van der Waals surface area (Å²) in [5, 5.41) is 0. The first-order valence-corrected chi connectivity index (χ1v) is 7.21. The van der Waals surface area contributed by atoms with E-state index < -0.39 is 9.84 Å². The van der Waals surface area contributed by atoms with Gasteiger partial charge in [0.25, 0.3) is 0 Å². The molecule has 3 nitrogen and oxygen atoms in total. The average Bonchev–Trinajstić information content (AvgIpc) is 2.01. The normalized spacial score (nSPS) is 28.1. The predicted molar refractivity (Wildman–Crippen MR) is 59.1 cm³/mol. The summed E-state index contributed by atoms with van der Waals surface area (Å²) in [6.07, 6.45) is 0.993. The van der Waals surface area contributed by atoms with Gasteiger partial charge in [-0.3, -0.25) is 4.90 Å². The van der Waals surface area contributed by atoms with Crippen LogP contribution in [0.25, 0.3) is 0 Å². The molecule has 0 spiro atoms. The third-order valence-electron chi connectivity index (χ3n) is 2.80. The van der Waals surface area contributed by atoms with Crippen LogP contribution in [0.5, 0.6) is 0 Å². The van der Waals surface area contributed by atoms with Gasteiger partial charge < -0.3 is 0 Å². The van der Waals surface area contributed by atoms with Gasteiger partial charge in [0, 0.05) is 12.6 Å². The van der Waals surface area contributed by atoms with Crippen LogP contribution in [-0.4, -0.2) is 44.0 Å². The summed E-state index contributed by atoms with van der Waals surface area (Å²) in [6, 6.07) is 0.249. The maximum atomic E-state index is 11.5. The fourth-order valence-corrected chi connectivity index (χ4v) is 3.71. The molecule has 0 aromatic rings. The molecule has 1 rings (SSSR count). The van der Waals surface area contributed by atoms with Crippen molar-refractivity contribution >= 4 is 9.84 Å². The van der Waals surface area contributed by atoms with Crippen LogP contribution in [0, 0.1) is 5.92 Å². The van der Waals surface area contributed by atoms with Gasteiger partial charge in [0.1, 0.15) is 0 Å². The van der Waals surface area contributed by atoms with E-state index in [1.54, 1.807) is 0 Å². The molecule has 0 N–H and O–H groups in total. The Balaban J connectivity index is 2.65. The van der Waals surface area contributed by atoms with Gasteiger partial charge in [-0.15, -0.1) is 0 Å². The van der Waals surface area contributed by atoms with Crippen molar-refractivity contribution in [1.29, 1.82) is 0 Å². The predicted octanol–water partition coefficient (Wildman–Crippen LogP) is 1.15. The molecule has 1 saturated heterocycles. The lowest BCUT2D eigenvalue weighted by Crippen LogP contribution is -2.48. The molecule has 0 saturated carbocycles. The minimum absolute atomic E-state index is 0.249. The highest BCUT2D eigenvalue weighted by atomic mass is 32.2. The summed E-state index contributed by atoms with van der Waals surface area (Å²) in [6.45, 7) is 8.08. The van der Waals surface area contributed by atoms with Crippen LogP contribution in [0.2, 0.25) is 0 Å². The molecule has 1 fully saturated rings. The van der Waals surface area contributed by atoms with Crippen LogP contribution >= 0.6 is 0 Å². The van der Waals surface area contributed by atoms with Crippen LogP contribution in [0.4, 0.5) is 0 Å². The number of sulfone groups is 1. The zero-order valence-electron chi connectivity index (χ0n) is 9.36. The molecule has 0 bridgehead atoms. The standard InChI is InChI=1S/C10H21NO2S/c1-4-11-5-6-14(12,13)8-10(11)7-9(2)3/h9-10H,4-8H2,1-3H3. The fraction of sp³-hybridized carbons (Fsp3) is 1.00. The minimum Gasteiger partial charge on any atom is -0.299 e. The highest BCUT2D eigenvalue weighted by molar-refractivity contribution is 7.91. The van der Waals surface area contributed by atoms with Gasteiger partial charge >= 0.3 is 0 Å². The molecule has 84 valence electrons. The largest absolute Gasteiger partial charge is 0.299 e. The highest BCUT2D eigenvalue weighted by Crippen LogP contribution is 2.18. The number of hydrogen-bond donors (Lipinski definition) is 0. The van der Waals surface area contributed by atoms with Crippen molar-refractivity contribution in [1.82, 2.24) is 4.90 Å². The topological polar surface area (TPSA) is 37.4 Å². The van der Waals surface area contributed by atoms with E-state index in [-0.39, 0.29) is 6.04 Å². The van der Waals surface area contributed by atoms with E-state index in [1.165, 1.54) is 0 Å². The fourth-order valence-electron chi connectivity index (χ4n) is 2.10. The molecule has 0 radical (unpaired) electrons. The second-order valence-corrected chi connectivity index (χ2v) is 6.76. The summed E-state index contributed by atoms with van der Waals surface area (Å²) >= 11 is 0. The number of hydrogen-bond acceptors (Lipinski definition) is 3. The molecule has 1 aliphatic rings. The first-order valence-electron chi connectivity index (χ1n) is 5.39. The maximum absolute atomic E-state index is 11.5. The molecular formula is C10H21NO2S. The van der Waals surface area contributed by atoms with Gasteiger partial charge in [-0.05, 0) is 18.9 Å². The van der Waals surface area contributed by atoms with Gasteiger partial charge in [0.15, 0.2) is 9.84 Å². The average molecular weight is 219 g/mol. The Morgan fingerprint density at radius 2 is 2.07 bits per heavy atom. The SMILES string of the molecule is CCN1CCS(=O)(=O)CC1CC(C)C. The van der Waals surface area contributed by atoms with Crippen molar-refractivity contribution < 1.29 is 8.42 Å². The van der Waals surface area contributed by atoms with E-state index in [0.717, 1.165) is 19.5 Å². The molecule has 0 aromatic carbocycles. The Bertz CT molecular complexity index is 272. The van der Waals surface area contributed by atoms with Crippen molar-refractivity contribution in [2.75, 3.05) is 24.6 Å². The summed E-state index contributed by atoms with van der Waals surface area (Å²) in [5.74, 6) is 1.27. The van der Waals surface area contributed by atoms with Crippen LogP contribution in [-0.2, 0) is 9.84 Å². The monoisotopic (exact) mass is 219 g/mol. The zero-order valence-corrected chi connectivity index (χ0v) is 10.2. The van der Waals surface area contributed by atoms with E-state index in [0.29, 0.717) is 17.4 Å². The molecule has 14 heavy (non-hydrogen) atoms. The lowest BCUT2D eigenvalue weighted by Gasteiger charge is -2.35. The summed E-state index contributed by atoms with van der Waals surface area (Å²) in [7, 11) is -2.76. The van der Waals surface area contributed by atoms with Crippen molar-refractivity contribution in [3.63, 3.8) is 0 Å². The molecule has 0 aromatic heterocycles. The number of rotatable bonds is 3. The van der Waals surface area contributed by atoms with E-state index in [1.807, 2.05) is 0 Å². The molecular weight excluding hydrogens is 198 g/mol. The van der Waals surface area contributed by atoms with Crippen LogP contribution < -0.4 is 0 Å². The molecule has 1 heterocycles. The molecule has 1 unspecified atom stereocenters. The summed E-state index contributed by atoms with van der Waals surface area (Å²) in [5.41, 5.74) is 0. The first kappa shape index (κ1) is 12.0. The van der Waals surface area contributed by atoms with E-state index in [4.69, 9.17) is 0 Å². The van der Waals surface area contributed by atoms with Crippen molar-refractivity contribution in [2.45, 2.75) is 33.2 Å². The third-order valence-corrected chi connectivity index (χ3v) is 4.50. The van der Waals surface area contributed by atoms with E-state index >= 15 is 0 Å². The van der Waals surface area contributed by atoms with Gasteiger partial charge in [0.2, 0.25) is 0 Å². The maximum Gasteiger partial charge on any atom is 0.153 e. The van der Waals surface area contributed by atoms with Crippen molar-refractivity contribution in [3.05, 3.63) is 0 Å². The third kappa shape index (κ3) is 3.24. The summed E-state index contributed by atoms with van der Waals surface area (Å²) < 4.78 is 23.0. The summed E-state index contributed by atoms with van der Waals surface area (Å²) in [4.78, 5) is 2.29.